The van der Waals surface area contributed by atoms with Gasteiger partial charge in [-0.05, 0) is 48.9 Å². The summed E-state index contributed by atoms with van der Waals surface area (Å²) in [5, 5.41) is 16.0. The zero-order valence-electron chi connectivity index (χ0n) is 26.2. The molecule has 0 spiro atoms. The average Bonchev–Trinajstić information content (AvgIpc) is 3.63. The van der Waals surface area contributed by atoms with Crippen LogP contribution in [0.2, 0.25) is 0 Å². The first-order valence-electron chi connectivity index (χ1n) is 15.6. The molecule has 4 bridgehead atoms. The number of nitrogens with one attached hydrogen (secondary N) is 2. The van der Waals surface area contributed by atoms with Crippen LogP contribution in [0.5, 0.6) is 5.75 Å². The van der Waals surface area contributed by atoms with Gasteiger partial charge in [0.1, 0.15) is 34.8 Å². The van der Waals surface area contributed by atoms with Crippen molar-refractivity contribution in [1.29, 1.82) is 0 Å². The van der Waals surface area contributed by atoms with E-state index in [4.69, 9.17) is 19.9 Å². The number of benzene rings is 3. The van der Waals surface area contributed by atoms with E-state index in [1.54, 1.807) is 13.8 Å². The molecule has 0 saturated heterocycles. The maximum absolute atomic E-state index is 12.9. The monoisotopic (exact) mass is 610 g/mol. The molecule has 0 fully saturated rings. The van der Waals surface area contributed by atoms with Crippen molar-refractivity contribution in [3.63, 3.8) is 0 Å². The SMILES string of the molecule is CC(C)C1NC(=O)CCc2ccc3c(c2)C(c2oc1nc2-c1ccccc1)C(Nc1ccccc1)O3.CCC(O)(CC)C(N)=O. The largest absolute Gasteiger partial charge is 0.469 e. The molecule has 0 aliphatic carbocycles. The zero-order valence-corrected chi connectivity index (χ0v) is 26.2. The fourth-order valence-corrected chi connectivity index (χ4v) is 5.67. The molecule has 0 saturated carbocycles. The van der Waals surface area contributed by atoms with E-state index in [0.717, 1.165) is 39.6 Å². The maximum atomic E-state index is 12.9. The molecule has 3 unspecified atom stereocenters. The summed E-state index contributed by atoms with van der Waals surface area (Å²) >= 11 is 0. The Hall–Kier alpha value is -4.63. The molecule has 5 N–H and O–H groups in total. The first kappa shape index (κ1) is 31.8. The van der Waals surface area contributed by atoms with E-state index in [-0.39, 0.29) is 30.0 Å². The summed E-state index contributed by atoms with van der Waals surface area (Å²) in [4.78, 5) is 28.3. The van der Waals surface area contributed by atoms with Gasteiger partial charge >= 0.3 is 0 Å². The van der Waals surface area contributed by atoms with Crippen LogP contribution in [0.15, 0.2) is 83.3 Å². The summed E-state index contributed by atoms with van der Waals surface area (Å²) in [5.74, 6) is 1.32. The predicted molar refractivity (Wildman–Crippen MR) is 173 cm³/mol. The van der Waals surface area contributed by atoms with Gasteiger partial charge in [0.05, 0.1) is 0 Å². The number of para-hydroxylation sites is 1. The van der Waals surface area contributed by atoms with Crippen molar-refractivity contribution in [2.45, 2.75) is 77.2 Å². The van der Waals surface area contributed by atoms with E-state index >= 15 is 0 Å². The minimum absolute atomic E-state index is 0.00722. The van der Waals surface area contributed by atoms with Gasteiger partial charge < -0.3 is 30.6 Å². The van der Waals surface area contributed by atoms with Gasteiger partial charge in [-0.3, -0.25) is 9.59 Å². The van der Waals surface area contributed by atoms with Crippen LogP contribution in [0.1, 0.15) is 81.7 Å². The van der Waals surface area contributed by atoms with E-state index in [9.17, 15) is 14.7 Å². The predicted octanol–water partition coefficient (Wildman–Crippen LogP) is 6.09. The van der Waals surface area contributed by atoms with Crippen LogP contribution in [-0.2, 0) is 16.0 Å². The molecule has 2 aliphatic rings. The zero-order chi connectivity index (χ0) is 32.1. The second kappa shape index (κ2) is 13.6. The van der Waals surface area contributed by atoms with Crippen LogP contribution in [0.4, 0.5) is 5.69 Å². The molecule has 9 heteroatoms. The van der Waals surface area contributed by atoms with Crippen molar-refractivity contribution in [2.24, 2.45) is 11.7 Å². The van der Waals surface area contributed by atoms with Crippen LogP contribution < -0.4 is 21.1 Å². The number of amides is 2. The fourth-order valence-electron chi connectivity index (χ4n) is 5.67. The molecule has 4 aromatic rings. The van der Waals surface area contributed by atoms with Gasteiger partial charge in [0.15, 0.2) is 6.23 Å². The number of rotatable bonds is 7. The number of aryl methyl sites for hydroxylation is 1. The number of fused-ring (bicyclic) bond motifs is 4. The van der Waals surface area contributed by atoms with Crippen molar-refractivity contribution in [2.75, 3.05) is 5.32 Å². The Kier molecular flexibility index (Phi) is 9.58. The van der Waals surface area contributed by atoms with Crippen LogP contribution in [0.25, 0.3) is 11.3 Å². The number of anilines is 1. The van der Waals surface area contributed by atoms with Gasteiger partial charge in [0.25, 0.3) is 0 Å². The minimum atomic E-state index is -1.28. The lowest BCUT2D eigenvalue weighted by atomic mass is 9.91. The van der Waals surface area contributed by atoms with E-state index in [0.29, 0.717) is 31.6 Å². The van der Waals surface area contributed by atoms with E-state index in [2.05, 4.69) is 30.5 Å². The van der Waals surface area contributed by atoms with Gasteiger partial charge in [-0.2, -0.15) is 0 Å². The van der Waals surface area contributed by atoms with Crippen molar-refractivity contribution in [1.82, 2.24) is 10.3 Å². The third-order valence-corrected chi connectivity index (χ3v) is 8.57. The maximum Gasteiger partial charge on any atom is 0.249 e. The highest BCUT2D eigenvalue weighted by Crippen LogP contribution is 2.47. The van der Waals surface area contributed by atoms with Crippen molar-refractivity contribution in [3.05, 3.63) is 102 Å². The second-order valence-corrected chi connectivity index (χ2v) is 11.9. The molecule has 6 rings (SSSR count). The van der Waals surface area contributed by atoms with Crippen LogP contribution in [0, 0.1) is 5.92 Å². The van der Waals surface area contributed by atoms with Gasteiger partial charge in [-0.25, -0.2) is 4.98 Å². The highest BCUT2D eigenvalue weighted by Gasteiger charge is 2.42. The molecule has 3 heterocycles. The molecule has 9 nitrogen and oxygen atoms in total. The third kappa shape index (κ3) is 6.88. The summed E-state index contributed by atoms with van der Waals surface area (Å²) in [5.41, 5.74) is 8.48. The molecule has 3 atom stereocenters. The van der Waals surface area contributed by atoms with Crippen LogP contribution in [0.3, 0.4) is 0 Å². The number of nitrogens with zero attached hydrogens (tertiary/aromatic N) is 1. The minimum Gasteiger partial charge on any atom is -0.469 e. The molecule has 45 heavy (non-hydrogen) atoms. The number of hydrogen-bond donors (Lipinski definition) is 4. The summed E-state index contributed by atoms with van der Waals surface area (Å²) < 4.78 is 13.1. The first-order valence-corrected chi connectivity index (χ1v) is 15.6. The fraction of sp³-hybridized carbons (Fsp3) is 0.361. The van der Waals surface area contributed by atoms with Gasteiger partial charge in [0.2, 0.25) is 17.7 Å². The lowest BCUT2D eigenvalue weighted by Gasteiger charge is -2.22. The molecule has 2 aliphatic heterocycles. The summed E-state index contributed by atoms with van der Waals surface area (Å²) in [6.07, 6.45) is 1.46. The van der Waals surface area contributed by atoms with Gasteiger partial charge in [0, 0.05) is 23.2 Å². The summed E-state index contributed by atoms with van der Waals surface area (Å²) in [6.45, 7) is 7.60. The molecule has 0 radical (unpaired) electrons. The Morgan fingerprint density at radius 1 is 1.04 bits per heavy atom. The summed E-state index contributed by atoms with van der Waals surface area (Å²) in [7, 11) is 0. The Morgan fingerprint density at radius 3 is 2.31 bits per heavy atom. The topological polar surface area (TPSA) is 140 Å². The molecule has 2 amide bonds. The van der Waals surface area contributed by atoms with Crippen LogP contribution in [-0.4, -0.2) is 33.7 Å². The highest BCUT2D eigenvalue weighted by atomic mass is 16.5. The quantitative estimate of drug-likeness (QED) is 0.199. The smallest absolute Gasteiger partial charge is 0.249 e. The highest BCUT2D eigenvalue weighted by molar-refractivity contribution is 5.82. The van der Waals surface area contributed by atoms with E-state index in [1.165, 1.54) is 0 Å². The standard InChI is InChI=1S/C30H29N3O3.C6H13NO2/c1-18(2)26-30-33-27(20-9-5-3-6-10-20)28(36-30)25-22-17-19(14-16-24(34)32-26)13-15-23(22)35-29(25)31-21-11-7-4-8-12-21;1-3-6(9,4-2)5(7)8/h3-13,15,17-18,25-26,29,31H,14,16H2,1-2H3,(H,32,34);9H,3-4H2,1-2H3,(H2,7,8). The summed E-state index contributed by atoms with van der Waals surface area (Å²) in [6, 6.07) is 26.0. The van der Waals surface area contributed by atoms with E-state index in [1.807, 2.05) is 72.8 Å². The van der Waals surface area contributed by atoms with Gasteiger partial charge in [-0.15, -0.1) is 0 Å². The van der Waals surface area contributed by atoms with Crippen molar-refractivity contribution < 1.29 is 23.8 Å². The third-order valence-electron chi connectivity index (χ3n) is 8.57. The van der Waals surface area contributed by atoms with Crippen molar-refractivity contribution in [3.8, 4) is 17.0 Å². The number of aromatic nitrogens is 1. The van der Waals surface area contributed by atoms with Crippen LogP contribution >= 0.6 is 0 Å². The lowest BCUT2D eigenvalue weighted by molar-refractivity contribution is -0.136. The lowest BCUT2D eigenvalue weighted by Crippen LogP contribution is -2.42. The Labute approximate surface area is 264 Å². The number of aliphatic hydroxyl groups is 1. The second-order valence-electron chi connectivity index (χ2n) is 11.9. The Morgan fingerprint density at radius 2 is 1.71 bits per heavy atom. The number of hydrogen-bond acceptors (Lipinski definition) is 7. The average molecular weight is 611 g/mol. The van der Waals surface area contributed by atoms with Gasteiger partial charge in [-0.1, -0.05) is 88.4 Å². The number of nitrogens with two attached hydrogens (primary N) is 1. The number of ether oxygens (including phenoxy) is 1. The van der Waals surface area contributed by atoms with Crippen molar-refractivity contribution >= 4 is 17.5 Å². The molecular formula is C36H42N4O5. The number of carbonyl (C=O) groups excluding carboxylic acids is 2. The Bertz CT molecular complexity index is 1620. The first-order chi connectivity index (χ1) is 21.6. The normalized spacial score (nSPS) is 18.9. The number of primary amides is 1. The number of carbonyl (C=O) groups is 2. The molecule has 3 aromatic carbocycles. The Balaban J connectivity index is 0.000000390. The molecule has 1 aromatic heterocycles. The molecule has 236 valence electrons. The van der Waals surface area contributed by atoms with E-state index < -0.39 is 11.5 Å². The number of oxazole rings is 1. The molecular weight excluding hydrogens is 568 g/mol.